The standard InChI is InChI=1S/C16H15NO4/c1-2-15(18)20-11-10-17-16(19)21-14-9-5-7-12-6-3-4-8-13(12)14/h2-9H,1,10-11H2,(H,17,19). The molecule has 0 saturated carbocycles. The van der Waals surface area contributed by atoms with Crippen LogP contribution in [0.15, 0.2) is 55.1 Å². The highest BCUT2D eigenvalue weighted by Crippen LogP contribution is 2.25. The van der Waals surface area contributed by atoms with Gasteiger partial charge >= 0.3 is 12.1 Å². The summed E-state index contributed by atoms with van der Waals surface area (Å²) in [6, 6.07) is 13.1. The third kappa shape index (κ3) is 4.07. The zero-order valence-electron chi connectivity index (χ0n) is 11.4. The molecule has 0 fully saturated rings. The Balaban J connectivity index is 1.90. The highest BCUT2D eigenvalue weighted by Gasteiger charge is 2.07. The molecular formula is C16H15NO4. The number of hydrogen-bond acceptors (Lipinski definition) is 4. The second-order valence-electron chi connectivity index (χ2n) is 4.17. The average molecular weight is 285 g/mol. The fourth-order valence-corrected chi connectivity index (χ4v) is 1.78. The summed E-state index contributed by atoms with van der Waals surface area (Å²) in [7, 11) is 0. The number of hydrogen-bond donors (Lipinski definition) is 1. The highest BCUT2D eigenvalue weighted by molar-refractivity contribution is 5.90. The Bertz CT molecular complexity index is 661. The van der Waals surface area contributed by atoms with Crippen molar-refractivity contribution in [1.82, 2.24) is 5.32 Å². The van der Waals surface area contributed by atoms with E-state index in [0.717, 1.165) is 16.8 Å². The average Bonchev–Trinajstić information content (AvgIpc) is 2.51. The predicted octanol–water partition coefficient (Wildman–Crippen LogP) is 2.66. The quantitative estimate of drug-likeness (QED) is 0.521. The molecule has 0 saturated heterocycles. The van der Waals surface area contributed by atoms with Crippen molar-refractivity contribution in [3.05, 3.63) is 55.1 Å². The molecule has 5 nitrogen and oxygen atoms in total. The third-order valence-corrected chi connectivity index (χ3v) is 2.73. The largest absolute Gasteiger partial charge is 0.461 e. The van der Waals surface area contributed by atoms with E-state index in [9.17, 15) is 9.59 Å². The molecule has 0 heterocycles. The molecule has 0 bridgehead atoms. The topological polar surface area (TPSA) is 64.6 Å². The van der Waals surface area contributed by atoms with Crippen molar-refractivity contribution in [3.63, 3.8) is 0 Å². The smallest absolute Gasteiger partial charge is 0.412 e. The Morgan fingerprint density at radius 1 is 1.14 bits per heavy atom. The zero-order valence-corrected chi connectivity index (χ0v) is 11.4. The minimum absolute atomic E-state index is 0.0650. The molecule has 0 aromatic heterocycles. The maximum Gasteiger partial charge on any atom is 0.412 e. The Kier molecular flexibility index (Phi) is 4.93. The number of esters is 1. The number of benzene rings is 2. The van der Waals surface area contributed by atoms with E-state index in [-0.39, 0.29) is 13.2 Å². The predicted molar refractivity (Wildman–Crippen MR) is 79.1 cm³/mol. The van der Waals surface area contributed by atoms with Gasteiger partial charge in [-0.2, -0.15) is 0 Å². The summed E-state index contributed by atoms with van der Waals surface area (Å²) in [6.07, 6.45) is 0.468. The van der Waals surface area contributed by atoms with Crippen LogP contribution in [-0.4, -0.2) is 25.2 Å². The van der Waals surface area contributed by atoms with E-state index in [2.05, 4.69) is 11.9 Å². The number of ether oxygens (including phenoxy) is 2. The summed E-state index contributed by atoms with van der Waals surface area (Å²) in [5, 5.41) is 4.35. The van der Waals surface area contributed by atoms with Gasteiger partial charge in [0.25, 0.3) is 0 Å². The van der Waals surface area contributed by atoms with E-state index in [4.69, 9.17) is 9.47 Å². The molecular weight excluding hydrogens is 270 g/mol. The van der Waals surface area contributed by atoms with Crippen molar-refractivity contribution in [1.29, 1.82) is 0 Å². The molecule has 0 aliphatic carbocycles. The van der Waals surface area contributed by atoms with Gasteiger partial charge in [-0.25, -0.2) is 9.59 Å². The summed E-state index contributed by atoms with van der Waals surface area (Å²) in [6.45, 7) is 3.51. The van der Waals surface area contributed by atoms with Crippen LogP contribution >= 0.6 is 0 Å². The van der Waals surface area contributed by atoms with Crippen LogP contribution in [0, 0.1) is 0 Å². The molecule has 1 N–H and O–H groups in total. The van der Waals surface area contributed by atoms with Crippen molar-refractivity contribution >= 4 is 22.8 Å². The molecule has 0 aliphatic rings. The lowest BCUT2D eigenvalue weighted by Gasteiger charge is -2.09. The van der Waals surface area contributed by atoms with Gasteiger partial charge in [0.2, 0.25) is 0 Å². The maximum atomic E-state index is 11.7. The van der Waals surface area contributed by atoms with Crippen molar-refractivity contribution in [2.75, 3.05) is 13.2 Å². The molecule has 108 valence electrons. The Morgan fingerprint density at radius 2 is 1.90 bits per heavy atom. The number of nitrogens with one attached hydrogen (secondary N) is 1. The van der Waals surface area contributed by atoms with Crippen LogP contribution < -0.4 is 10.1 Å². The summed E-state index contributed by atoms with van der Waals surface area (Å²) in [5.41, 5.74) is 0. The fourth-order valence-electron chi connectivity index (χ4n) is 1.78. The van der Waals surface area contributed by atoms with Gasteiger partial charge < -0.3 is 14.8 Å². The number of rotatable bonds is 5. The first kappa shape index (κ1) is 14.6. The fraction of sp³-hybridized carbons (Fsp3) is 0.125. The van der Waals surface area contributed by atoms with E-state index in [1.54, 1.807) is 6.07 Å². The van der Waals surface area contributed by atoms with Gasteiger partial charge in [0.05, 0.1) is 6.54 Å². The third-order valence-electron chi connectivity index (χ3n) is 2.73. The summed E-state index contributed by atoms with van der Waals surface area (Å²) >= 11 is 0. The van der Waals surface area contributed by atoms with E-state index in [0.29, 0.717) is 5.75 Å². The first-order valence-electron chi connectivity index (χ1n) is 6.43. The molecule has 0 spiro atoms. The molecule has 5 heteroatoms. The Morgan fingerprint density at radius 3 is 2.71 bits per heavy atom. The van der Waals surface area contributed by atoms with E-state index in [1.165, 1.54) is 0 Å². The zero-order chi connectivity index (χ0) is 15.1. The van der Waals surface area contributed by atoms with E-state index >= 15 is 0 Å². The van der Waals surface area contributed by atoms with Crippen LogP contribution in [0.5, 0.6) is 5.75 Å². The van der Waals surface area contributed by atoms with Gasteiger partial charge in [0.15, 0.2) is 0 Å². The summed E-state index contributed by atoms with van der Waals surface area (Å²) < 4.78 is 9.99. The molecule has 0 atom stereocenters. The second kappa shape index (κ2) is 7.09. The molecule has 2 aromatic rings. The molecule has 1 amide bonds. The van der Waals surface area contributed by atoms with Gasteiger partial charge in [-0.05, 0) is 11.5 Å². The van der Waals surface area contributed by atoms with Gasteiger partial charge in [-0.1, -0.05) is 43.0 Å². The van der Waals surface area contributed by atoms with Crippen LogP contribution in [0.25, 0.3) is 10.8 Å². The van der Waals surface area contributed by atoms with Gasteiger partial charge in [0, 0.05) is 11.5 Å². The number of fused-ring (bicyclic) bond motifs is 1. The first-order chi connectivity index (χ1) is 10.2. The van der Waals surface area contributed by atoms with E-state index in [1.807, 2.05) is 36.4 Å². The second-order valence-corrected chi connectivity index (χ2v) is 4.17. The van der Waals surface area contributed by atoms with Gasteiger partial charge in [-0.3, -0.25) is 0 Å². The monoisotopic (exact) mass is 285 g/mol. The number of carbonyl (C=O) groups excluding carboxylic acids is 2. The van der Waals surface area contributed by atoms with E-state index < -0.39 is 12.1 Å². The number of carbonyl (C=O) groups is 2. The Labute approximate surface area is 122 Å². The highest BCUT2D eigenvalue weighted by atomic mass is 16.6. The van der Waals surface area contributed by atoms with Crippen molar-refractivity contribution in [2.24, 2.45) is 0 Å². The minimum atomic E-state index is -0.596. The van der Waals surface area contributed by atoms with Crippen LogP contribution in [-0.2, 0) is 9.53 Å². The van der Waals surface area contributed by atoms with Crippen LogP contribution in [0.3, 0.4) is 0 Å². The van der Waals surface area contributed by atoms with Crippen LogP contribution in [0.1, 0.15) is 0 Å². The molecule has 0 radical (unpaired) electrons. The van der Waals surface area contributed by atoms with Gasteiger partial charge in [-0.15, -0.1) is 0 Å². The Hall–Kier alpha value is -2.82. The van der Waals surface area contributed by atoms with Crippen molar-refractivity contribution in [3.8, 4) is 5.75 Å². The lowest BCUT2D eigenvalue weighted by molar-refractivity contribution is -0.137. The molecule has 21 heavy (non-hydrogen) atoms. The maximum absolute atomic E-state index is 11.7. The molecule has 0 aliphatic heterocycles. The van der Waals surface area contributed by atoms with Gasteiger partial charge in [0.1, 0.15) is 12.4 Å². The first-order valence-corrected chi connectivity index (χ1v) is 6.43. The SMILES string of the molecule is C=CC(=O)OCCNC(=O)Oc1cccc2ccccc12. The van der Waals surface area contributed by atoms with Crippen LogP contribution in [0.4, 0.5) is 4.79 Å². The summed E-state index contributed by atoms with van der Waals surface area (Å²) in [5.74, 6) is -0.0482. The number of amides is 1. The normalized spacial score (nSPS) is 9.90. The minimum Gasteiger partial charge on any atom is -0.461 e. The van der Waals surface area contributed by atoms with Crippen molar-refractivity contribution in [2.45, 2.75) is 0 Å². The molecule has 2 aromatic carbocycles. The lowest BCUT2D eigenvalue weighted by Crippen LogP contribution is -2.30. The lowest BCUT2D eigenvalue weighted by atomic mass is 10.1. The summed E-state index contributed by atoms with van der Waals surface area (Å²) in [4.78, 5) is 22.5. The molecule has 2 rings (SSSR count). The molecule has 0 unspecified atom stereocenters. The van der Waals surface area contributed by atoms with Crippen LogP contribution in [0.2, 0.25) is 0 Å². The van der Waals surface area contributed by atoms with Crippen molar-refractivity contribution < 1.29 is 19.1 Å².